The maximum absolute atomic E-state index is 12.4. The Hall–Kier alpha value is -1.35. The van der Waals surface area contributed by atoms with Gasteiger partial charge in [0, 0.05) is 19.0 Å². The molecule has 0 spiro atoms. The standard InChI is InChI=1S/C16H23NO2/c1-4-12(5-2)16(19)17-9-14-7-6-13(11(3)18)8-15(14)10-17/h6-8,11-12,18H,4-5,9-10H2,1-3H3. The fraction of sp³-hybridized carbons (Fsp3) is 0.562. The number of nitrogens with zero attached hydrogens (tertiary/aromatic N) is 1. The molecular weight excluding hydrogens is 238 g/mol. The molecule has 0 fully saturated rings. The van der Waals surface area contributed by atoms with E-state index in [9.17, 15) is 9.90 Å². The van der Waals surface area contributed by atoms with Gasteiger partial charge >= 0.3 is 0 Å². The molecule has 0 bridgehead atoms. The van der Waals surface area contributed by atoms with Gasteiger partial charge in [0.05, 0.1) is 6.10 Å². The van der Waals surface area contributed by atoms with Crippen molar-refractivity contribution in [2.24, 2.45) is 5.92 Å². The highest BCUT2D eigenvalue weighted by atomic mass is 16.3. The minimum atomic E-state index is -0.450. The van der Waals surface area contributed by atoms with Crippen molar-refractivity contribution in [3.8, 4) is 0 Å². The van der Waals surface area contributed by atoms with Crippen molar-refractivity contribution in [3.05, 3.63) is 34.9 Å². The highest BCUT2D eigenvalue weighted by molar-refractivity contribution is 5.79. The van der Waals surface area contributed by atoms with E-state index in [2.05, 4.69) is 13.8 Å². The van der Waals surface area contributed by atoms with Gasteiger partial charge in [-0.25, -0.2) is 0 Å². The van der Waals surface area contributed by atoms with Gasteiger partial charge in [-0.3, -0.25) is 4.79 Å². The van der Waals surface area contributed by atoms with E-state index in [-0.39, 0.29) is 11.8 Å². The zero-order valence-corrected chi connectivity index (χ0v) is 12.0. The summed E-state index contributed by atoms with van der Waals surface area (Å²) in [5, 5.41) is 9.61. The molecule has 1 N–H and O–H groups in total. The molecule has 0 radical (unpaired) electrons. The molecule has 19 heavy (non-hydrogen) atoms. The second kappa shape index (κ2) is 5.74. The summed E-state index contributed by atoms with van der Waals surface area (Å²) < 4.78 is 0. The Kier molecular flexibility index (Phi) is 4.25. The molecule has 3 nitrogen and oxygen atoms in total. The lowest BCUT2D eigenvalue weighted by molar-refractivity contribution is -0.136. The zero-order valence-electron chi connectivity index (χ0n) is 12.0. The van der Waals surface area contributed by atoms with Gasteiger partial charge in [0.1, 0.15) is 0 Å². The summed E-state index contributed by atoms with van der Waals surface area (Å²) in [6.45, 7) is 7.31. The summed E-state index contributed by atoms with van der Waals surface area (Å²) in [5.41, 5.74) is 3.32. The molecule has 1 aromatic carbocycles. The van der Waals surface area contributed by atoms with E-state index in [1.165, 1.54) is 11.1 Å². The highest BCUT2D eigenvalue weighted by Gasteiger charge is 2.27. The smallest absolute Gasteiger partial charge is 0.226 e. The number of rotatable bonds is 4. The van der Waals surface area contributed by atoms with Crippen LogP contribution in [-0.4, -0.2) is 15.9 Å². The molecule has 0 aliphatic carbocycles. The monoisotopic (exact) mass is 261 g/mol. The first-order valence-corrected chi connectivity index (χ1v) is 7.15. The van der Waals surface area contributed by atoms with E-state index >= 15 is 0 Å². The Morgan fingerprint density at radius 1 is 1.26 bits per heavy atom. The van der Waals surface area contributed by atoms with Crippen molar-refractivity contribution in [2.45, 2.75) is 52.8 Å². The van der Waals surface area contributed by atoms with Crippen LogP contribution in [0.15, 0.2) is 18.2 Å². The second-order valence-corrected chi connectivity index (χ2v) is 5.41. The van der Waals surface area contributed by atoms with Gasteiger partial charge < -0.3 is 10.0 Å². The third-order valence-corrected chi connectivity index (χ3v) is 4.08. The number of aliphatic hydroxyl groups is 1. The molecule has 1 aliphatic rings. The first-order valence-electron chi connectivity index (χ1n) is 7.15. The molecule has 1 atom stereocenters. The van der Waals surface area contributed by atoms with Crippen LogP contribution in [-0.2, 0) is 17.9 Å². The first kappa shape index (κ1) is 14.1. The number of amides is 1. The zero-order chi connectivity index (χ0) is 14.0. The predicted octanol–water partition coefficient (Wildman–Crippen LogP) is 3.02. The molecule has 0 saturated carbocycles. The van der Waals surface area contributed by atoms with Gasteiger partial charge in [0.25, 0.3) is 0 Å². The number of hydrogen-bond acceptors (Lipinski definition) is 2. The molecule has 2 rings (SSSR count). The SMILES string of the molecule is CCC(CC)C(=O)N1Cc2ccc(C(C)O)cc2C1. The maximum atomic E-state index is 12.4. The normalized spacial score (nSPS) is 15.7. The summed E-state index contributed by atoms with van der Waals surface area (Å²) >= 11 is 0. The van der Waals surface area contributed by atoms with Crippen molar-refractivity contribution < 1.29 is 9.90 Å². The minimum Gasteiger partial charge on any atom is -0.389 e. The lowest BCUT2D eigenvalue weighted by Crippen LogP contribution is -2.31. The van der Waals surface area contributed by atoms with Crippen LogP contribution in [0.2, 0.25) is 0 Å². The molecule has 1 amide bonds. The van der Waals surface area contributed by atoms with Crippen LogP contribution in [0.25, 0.3) is 0 Å². The number of fused-ring (bicyclic) bond motifs is 1. The molecule has 1 unspecified atom stereocenters. The van der Waals surface area contributed by atoms with Crippen LogP contribution >= 0.6 is 0 Å². The number of carbonyl (C=O) groups is 1. The molecule has 104 valence electrons. The largest absolute Gasteiger partial charge is 0.389 e. The lowest BCUT2D eigenvalue weighted by atomic mass is 10.0. The van der Waals surface area contributed by atoms with Crippen molar-refractivity contribution in [1.82, 2.24) is 4.90 Å². The molecule has 1 aromatic rings. The predicted molar refractivity (Wildman–Crippen MR) is 75.4 cm³/mol. The third kappa shape index (κ3) is 2.81. The third-order valence-electron chi connectivity index (χ3n) is 4.08. The minimum absolute atomic E-state index is 0.144. The summed E-state index contributed by atoms with van der Waals surface area (Å²) in [7, 11) is 0. The van der Waals surface area contributed by atoms with E-state index in [0.29, 0.717) is 13.1 Å². The van der Waals surface area contributed by atoms with Crippen LogP contribution in [0.5, 0.6) is 0 Å². The van der Waals surface area contributed by atoms with Crippen LogP contribution < -0.4 is 0 Å². The number of hydrogen-bond donors (Lipinski definition) is 1. The van der Waals surface area contributed by atoms with Gasteiger partial charge in [-0.2, -0.15) is 0 Å². The molecule has 0 aromatic heterocycles. The van der Waals surface area contributed by atoms with E-state index in [1.54, 1.807) is 6.92 Å². The van der Waals surface area contributed by atoms with Crippen LogP contribution in [0.1, 0.15) is 56.4 Å². The Balaban J connectivity index is 2.14. The summed E-state index contributed by atoms with van der Waals surface area (Å²) in [5.74, 6) is 0.408. The lowest BCUT2D eigenvalue weighted by Gasteiger charge is -2.21. The molecular formula is C16H23NO2. The average Bonchev–Trinajstić information content (AvgIpc) is 2.82. The Labute approximate surface area is 115 Å². The number of aliphatic hydroxyl groups excluding tert-OH is 1. The summed E-state index contributed by atoms with van der Waals surface area (Å²) in [4.78, 5) is 14.3. The van der Waals surface area contributed by atoms with Crippen molar-refractivity contribution in [2.75, 3.05) is 0 Å². The Bertz CT molecular complexity index is 464. The van der Waals surface area contributed by atoms with Gasteiger partial charge in [0.2, 0.25) is 5.91 Å². The molecule has 3 heteroatoms. The quantitative estimate of drug-likeness (QED) is 0.905. The van der Waals surface area contributed by atoms with Crippen LogP contribution in [0.3, 0.4) is 0 Å². The summed E-state index contributed by atoms with van der Waals surface area (Å²) in [6, 6.07) is 6.02. The number of carbonyl (C=O) groups excluding carboxylic acids is 1. The summed E-state index contributed by atoms with van der Waals surface area (Å²) in [6.07, 6.45) is 1.36. The Morgan fingerprint density at radius 3 is 2.47 bits per heavy atom. The van der Waals surface area contributed by atoms with Gasteiger partial charge in [-0.15, -0.1) is 0 Å². The fourth-order valence-corrected chi connectivity index (χ4v) is 2.73. The van der Waals surface area contributed by atoms with Crippen LogP contribution in [0, 0.1) is 5.92 Å². The topological polar surface area (TPSA) is 40.5 Å². The van der Waals surface area contributed by atoms with Crippen molar-refractivity contribution in [1.29, 1.82) is 0 Å². The van der Waals surface area contributed by atoms with Gasteiger partial charge in [-0.05, 0) is 36.5 Å². The molecule has 1 heterocycles. The van der Waals surface area contributed by atoms with Crippen molar-refractivity contribution in [3.63, 3.8) is 0 Å². The van der Waals surface area contributed by atoms with Crippen molar-refractivity contribution >= 4 is 5.91 Å². The first-order chi connectivity index (χ1) is 9.06. The second-order valence-electron chi connectivity index (χ2n) is 5.41. The molecule has 1 aliphatic heterocycles. The fourth-order valence-electron chi connectivity index (χ4n) is 2.73. The number of benzene rings is 1. The van der Waals surface area contributed by atoms with Gasteiger partial charge in [0.15, 0.2) is 0 Å². The van der Waals surface area contributed by atoms with Crippen LogP contribution in [0.4, 0.5) is 0 Å². The Morgan fingerprint density at radius 2 is 1.89 bits per heavy atom. The highest BCUT2D eigenvalue weighted by Crippen LogP contribution is 2.28. The van der Waals surface area contributed by atoms with E-state index < -0.39 is 6.10 Å². The maximum Gasteiger partial charge on any atom is 0.226 e. The van der Waals surface area contributed by atoms with E-state index in [0.717, 1.165) is 18.4 Å². The average molecular weight is 261 g/mol. The molecule has 0 saturated heterocycles. The van der Waals surface area contributed by atoms with E-state index in [1.807, 2.05) is 23.1 Å². The van der Waals surface area contributed by atoms with E-state index in [4.69, 9.17) is 0 Å². The van der Waals surface area contributed by atoms with Gasteiger partial charge in [-0.1, -0.05) is 32.0 Å².